The molecule has 0 unspecified atom stereocenters. The number of anilines is 1. The number of para-hydroxylation sites is 1. The third-order valence-electron chi connectivity index (χ3n) is 6.23. The summed E-state index contributed by atoms with van der Waals surface area (Å²) in [6.45, 7) is 13.0. The molecule has 1 aliphatic carbocycles. The van der Waals surface area contributed by atoms with E-state index in [2.05, 4.69) is 45.3 Å². The van der Waals surface area contributed by atoms with Crippen molar-refractivity contribution in [2.45, 2.75) is 85.1 Å². The molecule has 3 amide bonds. The molecule has 0 spiro atoms. The van der Waals surface area contributed by atoms with Gasteiger partial charge in [0.1, 0.15) is 12.4 Å². The summed E-state index contributed by atoms with van der Waals surface area (Å²) >= 11 is 0. The minimum Gasteiger partial charge on any atom is -0.335 e. The van der Waals surface area contributed by atoms with Gasteiger partial charge in [-0.25, -0.2) is 9.48 Å². The van der Waals surface area contributed by atoms with Crippen LogP contribution in [0.1, 0.15) is 78.0 Å². The van der Waals surface area contributed by atoms with Gasteiger partial charge in [-0.2, -0.15) is 5.10 Å². The Hall–Kier alpha value is -2.83. The average molecular weight is 468 g/mol. The minimum atomic E-state index is -0.227. The Morgan fingerprint density at radius 2 is 1.82 bits per heavy atom. The second-order valence-electron chi connectivity index (χ2n) is 11.0. The third-order valence-corrected chi connectivity index (χ3v) is 6.23. The Labute approximate surface area is 204 Å². The third kappa shape index (κ3) is 6.84. The minimum absolute atomic E-state index is 0.000532. The number of carbonyl (C=O) groups is 2. The number of hydrogen-bond donors (Lipinski definition) is 2. The largest absolute Gasteiger partial charge is 0.335 e. The SMILES string of the molecule is Cc1ccccc1-n1nc(C(C)(C)C)cc1NC(=O)CN(CC(C)C)C(=O)NC1CCCCC1. The van der Waals surface area contributed by atoms with Gasteiger partial charge in [0.15, 0.2) is 0 Å². The van der Waals surface area contributed by atoms with Gasteiger partial charge >= 0.3 is 6.03 Å². The molecule has 3 rings (SSSR count). The highest BCUT2D eigenvalue weighted by Gasteiger charge is 2.25. The second kappa shape index (κ2) is 11.1. The van der Waals surface area contributed by atoms with Crippen molar-refractivity contribution >= 4 is 17.8 Å². The summed E-state index contributed by atoms with van der Waals surface area (Å²) in [7, 11) is 0. The molecule has 0 atom stereocenters. The van der Waals surface area contributed by atoms with E-state index in [1.54, 1.807) is 9.58 Å². The molecule has 186 valence electrons. The van der Waals surface area contributed by atoms with Crippen molar-refractivity contribution in [3.8, 4) is 5.69 Å². The summed E-state index contributed by atoms with van der Waals surface area (Å²) in [5, 5.41) is 11.0. The van der Waals surface area contributed by atoms with Crippen LogP contribution in [0.25, 0.3) is 5.69 Å². The van der Waals surface area contributed by atoms with Crippen molar-refractivity contribution in [1.29, 1.82) is 0 Å². The standard InChI is InChI=1S/C27H41N5O2/c1-19(2)17-31(26(34)28-21-13-8-7-9-14-21)18-25(33)29-24-16-23(27(4,5)6)30-32(24)22-15-11-10-12-20(22)3/h10-12,15-16,19,21H,7-9,13-14,17-18H2,1-6H3,(H,28,34)(H,29,33). The molecular formula is C27H41N5O2. The van der Waals surface area contributed by atoms with E-state index in [1.807, 2.05) is 37.3 Å². The topological polar surface area (TPSA) is 79.3 Å². The van der Waals surface area contributed by atoms with E-state index >= 15 is 0 Å². The Balaban J connectivity index is 1.79. The van der Waals surface area contributed by atoms with E-state index in [1.165, 1.54) is 6.42 Å². The van der Waals surface area contributed by atoms with Crippen LogP contribution in [-0.4, -0.2) is 45.8 Å². The van der Waals surface area contributed by atoms with Crippen molar-refractivity contribution in [2.24, 2.45) is 5.92 Å². The molecule has 0 aliphatic heterocycles. The van der Waals surface area contributed by atoms with Crippen LogP contribution < -0.4 is 10.6 Å². The lowest BCUT2D eigenvalue weighted by atomic mass is 9.92. The normalized spacial score (nSPS) is 14.8. The Bertz CT molecular complexity index is 983. The van der Waals surface area contributed by atoms with Crippen LogP contribution in [0.4, 0.5) is 10.6 Å². The monoisotopic (exact) mass is 467 g/mol. The van der Waals surface area contributed by atoms with Crippen LogP contribution in [0.15, 0.2) is 30.3 Å². The van der Waals surface area contributed by atoms with Crippen LogP contribution in [0, 0.1) is 12.8 Å². The van der Waals surface area contributed by atoms with Gasteiger partial charge < -0.3 is 15.5 Å². The number of nitrogens with one attached hydrogen (secondary N) is 2. The van der Waals surface area contributed by atoms with E-state index in [-0.39, 0.29) is 35.9 Å². The van der Waals surface area contributed by atoms with Crippen molar-refractivity contribution < 1.29 is 9.59 Å². The first kappa shape index (κ1) is 25.8. The predicted molar refractivity (Wildman–Crippen MR) is 137 cm³/mol. The quantitative estimate of drug-likeness (QED) is 0.571. The highest BCUT2D eigenvalue weighted by molar-refractivity contribution is 5.94. The molecule has 1 fully saturated rings. The van der Waals surface area contributed by atoms with Crippen molar-refractivity contribution in [2.75, 3.05) is 18.4 Å². The van der Waals surface area contributed by atoms with E-state index in [0.717, 1.165) is 42.6 Å². The van der Waals surface area contributed by atoms with Gasteiger partial charge in [-0.15, -0.1) is 0 Å². The summed E-state index contributed by atoms with van der Waals surface area (Å²) < 4.78 is 1.79. The molecule has 0 bridgehead atoms. The molecular weight excluding hydrogens is 426 g/mol. The number of urea groups is 1. The molecule has 2 N–H and O–H groups in total. The van der Waals surface area contributed by atoms with E-state index in [0.29, 0.717) is 12.4 Å². The lowest BCUT2D eigenvalue weighted by Crippen LogP contribution is -2.49. The molecule has 0 saturated heterocycles. The maximum Gasteiger partial charge on any atom is 0.318 e. The second-order valence-corrected chi connectivity index (χ2v) is 11.0. The van der Waals surface area contributed by atoms with Gasteiger partial charge in [-0.1, -0.05) is 72.1 Å². The number of carbonyl (C=O) groups excluding carboxylic acids is 2. The van der Waals surface area contributed by atoms with Crippen molar-refractivity contribution in [3.05, 3.63) is 41.6 Å². The Morgan fingerprint density at radius 3 is 2.44 bits per heavy atom. The van der Waals surface area contributed by atoms with Crippen LogP contribution in [0.5, 0.6) is 0 Å². The fourth-order valence-electron chi connectivity index (χ4n) is 4.35. The number of benzene rings is 1. The summed E-state index contributed by atoms with van der Waals surface area (Å²) in [6, 6.07) is 9.95. The number of aromatic nitrogens is 2. The molecule has 0 radical (unpaired) electrons. The highest BCUT2D eigenvalue weighted by atomic mass is 16.2. The molecule has 1 heterocycles. The summed E-state index contributed by atoms with van der Waals surface area (Å²) in [5.74, 6) is 0.644. The zero-order chi connectivity index (χ0) is 24.9. The first-order chi connectivity index (χ1) is 16.0. The molecule has 1 aromatic heterocycles. The van der Waals surface area contributed by atoms with E-state index < -0.39 is 0 Å². The zero-order valence-electron chi connectivity index (χ0n) is 21.6. The number of rotatable bonds is 7. The van der Waals surface area contributed by atoms with Crippen LogP contribution >= 0.6 is 0 Å². The molecule has 34 heavy (non-hydrogen) atoms. The van der Waals surface area contributed by atoms with Crippen LogP contribution in [-0.2, 0) is 10.2 Å². The van der Waals surface area contributed by atoms with E-state index in [9.17, 15) is 9.59 Å². The Morgan fingerprint density at radius 1 is 1.15 bits per heavy atom. The van der Waals surface area contributed by atoms with E-state index in [4.69, 9.17) is 5.10 Å². The van der Waals surface area contributed by atoms with Gasteiger partial charge in [0.2, 0.25) is 5.91 Å². The molecule has 1 aliphatic rings. The number of hydrogen-bond acceptors (Lipinski definition) is 3. The molecule has 1 aromatic carbocycles. The van der Waals surface area contributed by atoms with Gasteiger partial charge in [0, 0.05) is 24.1 Å². The summed E-state index contributed by atoms with van der Waals surface area (Å²) in [4.78, 5) is 27.8. The molecule has 7 heteroatoms. The fourth-order valence-corrected chi connectivity index (χ4v) is 4.35. The highest BCUT2D eigenvalue weighted by Crippen LogP contribution is 2.27. The first-order valence-electron chi connectivity index (χ1n) is 12.6. The van der Waals surface area contributed by atoms with Gasteiger partial charge in [-0.3, -0.25) is 4.79 Å². The lowest BCUT2D eigenvalue weighted by Gasteiger charge is -2.29. The predicted octanol–water partition coefficient (Wildman–Crippen LogP) is 5.42. The van der Waals surface area contributed by atoms with Gasteiger partial charge in [0.25, 0.3) is 0 Å². The average Bonchev–Trinajstić information content (AvgIpc) is 3.18. The summed E-state index contributed by atoms with van der Waals surface area (Å²) in [5.41, 5.74) is 2.70. The fraction of sp³-hybridized carbons (Fsp3) is 0.593. The number of amides is 3. The zero-order valence-corrected chi connectivity index (χ0v) is 21.6. The first-order valence-corrected chi connectivity index (χ1v) is 12.6. The van der Waals surface area contributed by atoms with Crippen molar-refractivity contribution in [1.82, 2.24) is 20.0 Å². The maximum absolute atomic E-state index is 13.2. The molecule has 7 nitrogen and oxygen atoms in total. The lowest BCUT2D eigenvalue weighted by molar-refractivity contribution is -0.116. The summed E-state index contributed by atoms with van der Waals surface area (Å²) in [6.07, 6.45) is 5.55. The van der Waals surface area contributed by atoms with Crippen LogP contribution in [0.3, 0.4) is 0 Å². The number of aryl methyl sites for hydroxylation is 1. The maximum atomic E-state index is 13.2. The molecule has 2 aromatic rings. The van der Waals surface area contributed by atoms with Crippen molar-refractivity contribution in [3.63, 3.8) is 0 Å². The Kier molecular flexibility index (Phi) is 8.39. The van der Waals surface area contributed by atoms with Crippen LogP contribution in [0.2, 0.25) is 0 Å². The molecule has 1 saturated carbocycles. The number of nitrogens with zero attached hydrogens (tertiary/aromatic N) is 3. The van der Waals surface area contributed by atoms with Gasteiger partial charge in [0.05, 0.1) is 11.4 Å². The smallest absolute Gasteiger partial charge is 0.318 e. The van der Waals surface area contributed by atoms with Gasteiger partial charge in [-0.05, 0) is 37.3 Å².